The summed E-state index contributed by atoms with van der Waals surface area (Å²) >= 11 is 1.14. The Labute approximate surface area is 233 Å². The molecule has 0 atom stereocenters. The van der Waals surface area contributed by atoms with Gasteiger partial charge in [-0.3, -0.25) is 9.59 Å². The van der Waals surface area contributed by atoms with Crippen molar-refractivity contribution < 1.29 is 27.8 Å². The fourth-order valence-electron chi connectivity index (χ4n) is 4.77. The number of nitrogens with zero attached hydrogens (tertiary/aromatic N) is 2. The van der Waals surface area contributed by atoms with E-state index in [0.717, 1.165) is 17.4 Å². The average molecular weight is 571 g/mol. The van der Waals surface area contributed by atoms with Crippen LogP contribution in [0.2, 0.25) is 0 Å². The molecule has 3 heterocycles. The quantitative estimate of drug-likeness (QED) is 0.296. The maximum absolute atomic E-state index is 14.5. The number of aromatic nitrogens is 1. The average Bonchev–Trinajstić information content (AvgIpc) is 3.33. The van der Waals surface area contributed by atoms with Crippen LogP contribution in [-0.2, 0) is 12.6 Å². The number of alkyl halides is 1. The molecule has 5 rings (SSSR count). The lowest BCUT2D eigenvalue weighted by Gasteiger charge is -2.33. The lowest BCUT2D eigenvalue weighted by Crippen LogP contribution is -2.43. The molecule has 1 aliphatic rings. The topological polar surface area (TPSA) is 71.8 Å². The van der Waals surface area contributed by atoms with Crippen LogP contribution in [0.15, 0.2) is 53.5 Å². The third-order valence-corrected chi connectivity index (χ3v) is 8.40. The fraction of sp³-hybridized carbons (Fsp3) is 0.333. The largest absolute Gasteiger partial charge is 0.454 e. The van der Waals surface area contributed by atoms with E-state index in [2.05, 4.69) is 0 Å². The Morgan fingerprint density at radius 1 is 1.05 bits per heavy atom. The zero-order valence-electron chi connectivity index (χ0n) is 22.6. The predicted molar refractivity (Wildman–Crippen MR) is 149 cm³/mol. The highest BCUT2D eigenvalue weighted by Gasteiger charge is 2.33. The third-order valence-electron chi connectivity index (χ3n) is 7.24. The second-order valence-electron chi connectivity index (χ2n) is 11.0. The van der Waals surface area contributed by atoms with Crippen molar-refractivity contribution in [1.29, 1.82) is 0 Å². The van der Waals surface area contributed by atoms with Crippen LogP contribution < -0.4 is 10.3 Å². The van der Waals surface area contributed by atoms with Crippen molar-refractivity contribution in [3.05, 3.63) is 81.1 Å². The van der Waals surface area contributed by atoms with E-state index in [-0.39, 0.29) is 48.9 Å². The molecular weight excluding hydrogens is 541 g/mol. The molecule has 4 aromatic rings. The molecule has 1 N–H and O–H groups in total. The van der Waals surface area contributed by atoms with Gasteiger partial charge in [-0.25, -0.2) is 13.2 Å². The molecule has 0 radical (unpaired) electrons. The van der Waals surface area contributed by atoms with Crippen molar-refractivity contribution in [2.24, 2.45) is 7.05 Å². The number of carbonyl (C=O) groups excluding carboxylic acids is 1. The number of aryl methyl sites for hydroxylation is 1. The summed E-state index contributed by atoms with van der Waals surface area (Å²) in [5.74, 6) is -1.91. The van der Waals surface area contributed by atoms with Crippen LogP contribution in [0.25, 0.3) is 21.2 Å². The normalized spacial score (nSPS) is 15.4. The highest BCUT2D eigenvalue weighted by atomic mass is 32.1. The van der Waals surface area contributed by atoms with Crippen LogP contribution in [0.5, 0.6) is 11.5 Å². The lowest BCUT2D eigenvalue weighted by molar-refractivity contribution is 0.0508. The highest BCUT2D eigenvalue weighted by molar-refractivity contribution is 7.21. The van der Waals surface area contributed by atoms with Gasteiger partial charge >= 0.3 is 0 Å². The number of piperidine rings is 1. The van der Waals surface area contributed by atoms with E-state index in [1.54, 1.807) is 56.3 Å². The van der Waals surface area contributed by atoms with Gasteiger partial charge in [-0.2, -0.15) is 0 Å². The molecule has 2 aromatic heterocycles. The van der Waals surface area contributed by atoms with Crippen LogP contribution in [0, 0.1) is 11.6 Å². The second kappa shape index (κ2) is 10.1. The van der Waals surface area contributed by atoms with E-state index in [1.165, 1.54) is 17.6 Å². The van der Waals surface area contributed by atoms with Gasteiger partial charge in [0.05, 0.1) is 20.6 Å². The number of carbonyl (C=O) groups is 1. The third kappa shape index (κ3) is 5.38. The van der Waals surface area contributed by atoms with E-state index < -0.39 is 22.9 Å². The molecule has 1 amide bonds. The van der Waals surface area contributed by atoms with Crippen LogP contribution in [0.3, 0.4) is 0 Å². The minimum Gasteiger partial charge on any atom is -0.454 e. The van der Waals surface area contributed by atoms with E-state index in [9.17, 15) is 27.9 Å². The molecule has 6 nitrogen and oxygen atoms in total. The van der Waals surface area contributed by atoms with Crippen molar-refractivity contribution in [2.75, 3.05) is 13.1 Å². The first kappa shape index (κ1) is 27.9. The Balaban J connectivity index is 1.66. The number of thiophene rings is 1. The van der Waals surface area contributed by atoms with Gasteiger partial charge in [0.1, 0.15) is 17.2 Å². The Hall–Kier alpha value is -3.63. The van der Waals surface area contributed by atoms with E-state index in [0.29, 0.717) is 37.7 Å². The van der Waals surface area contributed by atoms with E-state index in [4.69, 9.17) is 4.74 Å². The predicted octanol–water partition coefficient (Wildman–Crippen LogP) is 6.53. The first-order chi connectivity index (χ1) is 18.7. The van der Waals surface area contributed by atoms with Gasteiger partial charge in [0.15, 0.2) is 11.6 Å². The van der Waals surface area contributed by atoms with Gasteiger partial charge in [0.2, 0.25) is 0 Å². The Kier molecular flexibility index (Phi) is 7.04. The van der Waals surface area contributed by atoms with Crippen molar-refractivity contribution in [2.45, 2.75) is 44.9 Å². The summed E-state index contributed by atoms with van der Waals surface area (Å²) in [6, 6.07) is 9.42. The Morgan fingerprint density at radius 3 is 2.38 bits per heavy atom. The zero-order valence-corrected chi connectivity index (χ0v) is 23.4. The van der Waals surface area contributed by atoms with Crippen LogP contribution in [0.1, 0.15) is 48.8 Å². The minimum atomic E-state index is -1.31. The number of fused-ring (bicyclic) bond motifs is 1. The monoisotopic (exact) mass is 570 g/mol. The van der Waals surface area contributed by atoms with Crippen LogP contribution in [0.4, 0.5) is 13.2 Å². The second-order valence-corrected chi connectivity index (χ2v) is 12.0. The van der Waals surface area contributed by atoms with Gasteiger partial charge in [-0.1, -0.05) is 6.07 Å². The number of hydrogen-bond acceptors (Lipinski definition) is 5. The molecule has 10 heteroatoms. The lowest BCUT2D eigenvalue weighted by atomic mass is 9.93. The number of hydrogen-bond donors (Lipinski definition) is 1. The van der Waals surface area contributed by atoms with Gasteiger partial charge in [-0.05, 0) is 69.5 Å². The maximum Gasteiger partial charge on any atom is 0.263 e. The number of benzene rings is 2. The highest BCUT2D eigenvalue weighted by Crippen LogP contribution is 2.42. The summed E-state index contributed by atoms with van der Waals surface area (Å²) in [6.07, 6.45) is 2.07. The smallest absolute Gasteiger partial charge is 0.263 e. The number of aliphatic hydroxyl groups is 1. The van der Waals surface area contributed by atoms with Gasteiger partial charge in [0, 0.05) is 43.5 Å². The molecule has 1 saturated heterocycles. The van der Waals surface area contributed by atoms with Crippen molar-refractivity contribution in [3.63, 3.8) is 0 Å². The number of rotatable bonds is 5. The maximum atomic E-state index is 14.5. The standard InChI is InChI=1S/C30H29F3N2O4S/c1-29(2,38)17-5-7-23(39-24-8-6-18(31)14-22(24)32)19(13-17)21-16-34(4)27(36)20-15-25(40-26(20)21)28(37)35-11-9-30(3,33)10-12-35/h5-8,13-16,38H,9-12H2,1-4H3. The molecule has 0 spiro atoms. The number of pyridine rings is 1. The SMILES string of the molecule is Cn1cc(-c2cc(C(C)(C)O)ccc2Oc2ccc(F)cc2F)c2sc(C(=O)N3CCC(C)(F)CC3)cc2c1=O. The molecule has 1 fully saturated rings. The van der Waals surface area contributed by atoms with Gasteiger partial charge in [-0.15, -0.1) is 11.3 Å². The first-order valence-corrected chi connectivity index (χ1v) is 13.7. The number of amides is 1. The van der Waals surface area contributed by atoms with Crippen molar-refractivity contribution in [1.82, 2.24) is 9.47 Å². The summed E-state index contributed by atoms with van der Waals surface area (Å²) in [4.78, 5) is 28.4. The molecule has 0 saturated carbocycles. The van der Waals surface area contributed by atoms with Crippen molar-refractivity contribution in [3.8, 4) is 22.6 Å². The van der Waals surface area contributed by atoms with Crippen LogP contribution >= 0.6 is 11.3 Å². The number of likely N-dealkylation sites (tertiary alicyclic amines) is 1. The zero-order chi connectivity index (χ0) is 29.0. The molecule has 1 aliphatic heterocycles. The van der Waals surface area contributed by atoms with E-state index >= 15 is 0 Å². The summed E-state index contributed by atoms with van der Waals surface area (Å²) in [5, 5.41) is 11.0. The number of ether oxygens (including phenoxy) is 1. The minimum absolute atomic E-state index is 0.202. The Bertz CT molecular complexity index is 1680. The molecular formula is C30H29F3N2O4S. The molecule has 2 aromatic carbocycles. The molecule has 0 unspecified atom stereocenters. The first-order valence-electron chi connectivity index (χ1n) is 12.8. The van der Waals surface area contributed by atoms with Gasteiger partial charge < -0.3 is 19.3 Å². The molecule has 210 valence electrons. The summed E-state index contributed by atoms with van der Waals surface area (Å²) < 4.78 is 50.1. The Morgan fingerprint density at radius 2 is 1.73 bits per heavy atom. The fourth-order valence-corrected chi connectivity index (χ4v) is 5.91. The van der Waals surface area contributed by atoms with Crippen LogP contribution in [-0.4, -0.2) is 39.2 Å². The summed E-state index contributed by atoms with van der Waals surface area (Å²) in [6.45, 7) is 5.32. The summed E-state index contributed by atoms with van der Waals surface area (Å²) in [7, 11) is 1.58. The summed E-state index contributed by atoms with van der Waals surface area (Å²) in [5.41, 5.74) is -1.35. The molecule has 0 aliphatic carbocycles. The van der Waals surface area contributed by atoms with Gasteiger partial charge in [0.25, 0.3) is 11.5 Å². The molecule has 0 bridgehead atoms. The van der Waals surface area contributed by atoms with E-state index in [1.807, 2.05) is 0 Å². The number of halogens is 3. The van der Waals surface area contributed by atoms with Crippen molar-refractivity contribution >= 4 is 27.3 Å². The molecule has 40 heavy (non-hydrogen) atoms.